The number of nitriles is 1. The minimum absolute atomic E-state index is 0.338. The van der Waals surface area contributed by atoms with Gasteiger partial charge in [0, 0.05) is 30.9 Å². The van der Waals surface area contributed by atoms with E-state index in [1.165, 1.54) is 19.2 Å². The number of hydrogen-bond donors (Lipinski definition) is 1. The average molecular weight is 518 g/mol. The van der Waals surface area contributed by atoms with Crippen LogP contribution in [0.5, 0.6) is 11.5 Å². The molecule has 6 rings (SSSR count). The SMILES string of the molecule is C=C(/C(C#N)=C/C1CC1)N1CCC[C@@H](Cn2nc(-c3ccc(Oc4ccccc4)cc3)c3c(N)ncnc32)C1. The van der Waals surface area contributed by atoms with Crippen molar-refractivity contribution in [1.82, 2.24) is 24.6 Å². The molecule has 8 nitrogen and oxygen atoms in total. The summed E-state index contributed by atoms with van der Waals surface area (Å²) >= 11 is 0. The summed E-state index contributed by atoms with van der Waals surface area (Å²) in [5.74, 6) is 2.81. The van der Waals surface area contributed by atoms with E-state index in [-0.39, 0.29) is 0 Å². The first-order valence-corrected chi connectivity index (χ1v) is 13.5. The zero-order valence-corrected chi connectivity index (χ0v) is 21.8. The Balaban J connectivity index is 1.24. The van der Waals surface area contributed by atoms with Crippen molar-refractivity contribution in [2.45, 2.75) is 32.2 Å². The number of benzene rings is 2. The molecule has 4 aromatic rings. The Labute approximate surface area is 228 Å². The number of nitrogens with zero attached hydrogens (tertiary/aromatic N) is 6. The summed E-state index contributed by atoms with van der Waals surface area (Å²) in [7, 11) is 0. The van der Waals surface area contributed by atoms with Crippen LogP contribution < -0.4 is 10.5 Å². The Bertz CT molecular complexity index is 1560. The van der Waals surface area contributed by atoms with Gasteiger partial charge in [0.25, 0.3) is 0 Å². The second kappa shape index (κ2) is 10.6. The zero-order chi connectivity index (χ0) is 26.8. The second-order valence-corrected chi connectivity index (χ2v) is 10.4. The number of anilines is 1. The molecule has 1 aliphatic heterocycles. The van der Waals surface area contributed by atoms with Crippen LogP contribution in [0.15, 0.2) is 84.8 Å². The number of nitrogen functional groups attached to an aromatic ring is 1. The highest BCUT2D eigenvalue weighted by molar-refractivity contribution is 5.98. The fraction of sp³-hybridized carbons (Fsp3) is 0.290. The van der Waals surface area contributed by atoms with Gasteiger partial charge in [-0.2, -0.15) is 10.4 Å². The summed E-state index contributed by atoms with van der Waals surface area (Å²) in [5, 5.41) is 15.4. The molecule has 2 aromatic carbocycles. The first-order chi connectivity index (χ1) is 19.1. The van der Waals surface area contributed by atoms with E-state index in [1.807, 2.05) is 59.3 Å². The summed E-state index contributed by atoms with van der Waals surface area (Å²) in [4.78, 5) is 11.1. The third-order valence-electron chi connectivity index (χ3n) is 7.45. The third-order valence-corrected chi connectivity index (χ3v) is 7.45. The first kappa shape index (κ1) is 24.7. The van der Waals surface area contributed by atoms with Crippen LogP contribution >= 0.6 is 0 Å². The van der Waals surface area contributed by atoms with E-state index in [4.69, 9.17) is 15.6 Å². The van der Waals surface area contributed by atoms with Gasteiger partial charge in [-0.05, 0) is 73.9 Å². The number of aromatic nitrogens is 4. The Morgan fingerprint density at radius 2 is 1.85 bits per heavy atom. The van der Waals surface area contributed by atoms with Gasteiger partial charge in [-0.1, -0.05) is 30.9 Å². The summed E-state index contributed by atoms with van der Waals surface area (Å²) in [6.07, 6.45) is 8.04. The molecule has 8 heteroatoms. The number of para-hydroxylation sites is 1. The summed E-state index contributed by atoms with van der Waals surface area (Å²) in [6.45, 7) is 6.71. The van der Waals surface area contributed by atoms with E-state index >= 15 is 0 Å². The van der Waals surface area contributed by atoms with E-state index in [2.05, 4.69) is 33.6 Å². The lowest BCUT2D eigenvalue weighted by Gasteiger charge is -2.35. The maximum Gasteiger partial charge on any atom is 0.163 e. The van der Waals surface area contributed by atoms with Crippen molar-refractivity contribution in [2.75, 3.05) is 18.8 Å². The lowest BCUT2D eigenvalue weighted by Crippen LogP contribution is -2.36. The molecule has 0 radical (unpaired) electrons. The van der Waals surface area contributed by atoms with Crippen LogP contribution in [0, 0.1) is 23.2 Å². The van der Waals surface area contributed by atoms with Crippen LogP contribution in [-0.2, 0) is 6.54 Å². The minimum atomic E-state index is 0.338. The lowest BCUT2D eigenvalue weighted by molar-refractivity contribution is 0.202. The van der Waals surface area contributed by atoms with Crippen molar-refractivity contribution in [3.63, 3.8) is 0 Å². The molecular weight excluding hydrogens is 486 g/mol. The second-order valence-electron chi connectivity index (χ2n) is 10.4. The molecule has 2 aliphatic rings. The molecule has 1 aliphatic carbocycles. The van der Waals surface area contributed by atoms with Gasteiger partial charge in [0.15, 0.2) is 5.65 Å². The number of allylic oxidation sites excluding steroid dienone is 2. The van der Waals surface area contributed by atoms with E-state index < -0.39 is 0 Å². The quantitative estimate of drug-likeness (QED) is 0.227. The molecule has 0 amide bonds. The highest BCUT2D eigenvalue weighted by Gasteiger charge is 2.27. The highest BCUT2D eigenvalue weighted by Crippen LogP contribution is 2.35. The fourth-order valence-corrected chi connectivity index (χ4v) is 5.24. The van der Waals surface area contributed by atoms with Gasteiger partial charge in [0.05, 0.1) is 11.0 Å². The number of rotatable bonds is 8. The highest BCUT2D eigenvalue weighted by atomic mass is 16.5. The molecule has 1 atom stereocenters. The molecule has 2 N–H and O–H groups in total. The van der Waals surface area contributed by atoms with Gasteiger partial charge < -0.3 is 15.4 Å². The summed E-state index contributed by atoms with van der Waals surface area (Å²) in [6, 6.07) is 19.9. The van der Waals surface area contributed by atoms with Gasteiger partial charge in [-0.15, -0.1) is 0 Å². The molecule has 0 bridgehead atoms. The monoisotopic (exact) mass is 517 g/mol. The number of hydrogen-bond acceptors (Lipinski definition) is 7. The van der Waals surface area contributed by atoms with E-state index in [0.717, 1.165) is 65.4 Å². The van der Waals surface area contributed by atoms with E-state index in [9.17, 15) is 5.26 Å². The smallest absolute Gasteiger partial charge is 0.163 e. The van der Waals surface area contributed by atoms with Crippen LogP contribution in [0.3, 0.4) is 0 Å². The van der Waals surface area contributed by atoms with Gasteiger partial charge >= 0.3 is 0 Å². The van der Waals surface area contributed by atoms with E-state index in [0.29, 0.717) is 29.8 Å². The standard InChI is InChI=1S/C31H31N7O/c1-21(25(17-32)16-22-9-10-22)37-15-5-6-23(18-37)19-38-31-28(30(33)34-20-35-31)29(36-38)24-11-13-27(14-12-24)39-26-7-3-2-4-8-26/h2-4,7-8,11-14,16,20,22-23H,1,5-6,9-10,15,18-19H2,(H2,33,34,35)/b25-16+/t23-/m1/s1. The van der Waals surface area contributed by atoms with Crippen molar-refractivity contribution in [2.24, 2.45) is 11.8 Å². The molecule has 0 spiro atoms. The number of nitrogens with two attached hydrogens (primary N) is 1. The van der Waals surface area contributed by atoms with Crippen LogP contribution in [0.1, 0.15) is 25.7 Å². The predicted molar refractivity (Wildman–Crippen MR) is 152 cm³/mol. The van der Waals surface area contributed by atoms with E-state index in [1.54, 1.807) is 0 Å². The normalized spacial score (nSPS) is 17.7. The van der Waals surface area contributed by atoms with Gasteiger partial charge in [-0.25, -0.2) is 14.6 Å². The van der Waals surface area contributed by atoms with Crippen molar-refractivity contribution >= 4 is 16.9 Å². The molecule has 1 saturated carbocycles. The summed E-state index contributed by atoms with van der Waals surface area (Å²) < 4.78 is 7.91. The topological polar surface area (TPSA) is 106 Å². The summed E-state index contributed by atoms with van der Waals surface area (Å²) in [5.41, 5.74) is 10.3. The molecule has 2 fully saturated rings. The Morgan fingerprint density at radius 1 is 1.08 bits per heavy atom. The van der Waals surface area contributed by atoms with Crippen LogP contribution in [0.4, 0.5) is 5.82 Å². The molecule has 39 heavy (non-hydrogen) atoms. The van der Waals surface area contributed by atoms with Gasteiger partial charge in [-0.3, -0.25) is 0 Å². The van der Waals surface area contributed by atoms with Crippen molar-refractivity contribution in [3.8, 4) is 28.8 Å². The predicted octanol–water partition coefficient (Wildman–Crippen LogP) is 5.95. The zero-order valence-electron chi connectivity index (χ0n) is 21.8. The molecule has 196 valence electrons. The van der Waals surface area contributed by atoms with Crippen LogP contribution in [-0.4, -0.2) is 37.7 Å². The van der Waals surface area contributed by atoms with Gasteiger partial charge in [0.2, 0.25) is 0 Å². The Kier molecular flexibility index (Phi) is 6.72. The van der Waals surface area contributed by atoms with Crippen LogP contribution in [0.2, 0.25) is 0 Å². The number of piperidine rings is 1. The van der Waals surface area contributed by atoms with Crippen molar-refractivity contribution in [1.29, 1.82) is 5.26 Å². The minimum Gasteiger partial charge on any atom is -0.457 e. The lowest BCUT2D eigenvalue weighted by atomic mass is 9.96. The fourth-order valence-electron chi connectivity index (χ4n) is 5.24. The largest absolute Gasteiger partial charge is 0.457 e. The van der Waals surface area contributed by atoms with Crippen LogP contribution in [0.25, 0.3) is 22.3 Å². The number of ether oxygens (including phenoxy) is 1. The number of likely N-dealkylation sites (tertiary alicyclic amines) is 1. The van der Waals surface area contributed by atoms with Gasteiger partial charge in [0.1, 0.15) is 35.4 Å². The molecule has 3 heterocycles. The maximum absolute atomic E-state index is 9.70. The maximum atomic E-state index is 9.70. The molecule has 2 aromatic heterocycles. The average Bonchev–Trinajstić information content (AvgIpc) is 3.72. The Hall–Kier alpha value is -4.64. The number of fused-ring (bicyclic) bond motifs is 1. The Morgan fingerprint density at radius 3 is 2.59 bits per heavy atom. The first-order valence-electron chi connectivity index (χ1n) is 13.5. The third kappa shape index (κ3) is 5.34. The van der Waals surface area contributed by atoms with Crippen molar-refractivity contribution < 1.29 is 4.74 Å². The molecular formula is C31H31N7O. The molecule has 0 unspecified atom stereocenters. The van der Waals surface area contributed by atoms with Crippen molar-refractivity contribution in [3.05, 3.63) is 84.8 Å². The molecule has 1 saturated heterocycles.